The number of hydrogen-bond donors (Lipinski definition) is 1. The van der Waals surface area contributed by atoms with Crippen molar-refractivity contribution in [1.29, 1.82) is 0 Å². The first-order valence-electron chi connectivity index (χ1n) is 6.06. The van der Waals surface area contributed by atoms with Crippen LogP contribution in [0.25, 0.3) is 0 Å². The predicted octanol–water partition coefficient (Wildman–Crippen LogP) is 2.60. The van der Waals surface area contributed by atoms with Crippen LogP contribution >= 0.6 is 0 Å². The lowest BCUT2D eigenvalue weighted by molar-refractivity contribution is -0.384. The predicted molar refractivity (Wildman–Crippen MR) is 73.1 cm³/mol. The smallest absolute Gasteiger partial charge is 0.295 e. The summed E-state index contributed by atoms with van der Waals surface area (Å²) in [5.41, 5.74) is 1.33. The first kappa shape index (κ1) is 13.1. The number of nitro benzene ring substituents is 1. The average Bonchev–Trinajstić information content (AvgIpc) is 2.81. The molecule has 0 fully saturated rings. The molecule has 6 nitrogen and oxygen atoms in total. The molecule has 0 aliphatic carbocycles. The maximum Gasteiger partial charge on any atom is 0.295 e. The second-order valence-electron chi connectivity index (χ2n) is 4.50. The lowest BCUT2D eigenvalue weighted by atomic mass is 10.1. The van der Waals surface area contributed by atoms with Crippen molar-refractivity contribution in [2.45, 2.75) is 26.4 Å². The highest BCUT2D eigenvalue weighted by Crippen LogP contribution is 2.28. The first-order chi connectivity index (χ1) is 9.08. The van der Waals surface area contributed by atoms with E-state index in [0.717, 1.165) is 0 Å². The molecule has 1 aromatic heterocycles. The molecular weight excluding hydrogens is 244 g/mol. The number of nitro groups is 1. The molecule has 2 aromatic rings. The Kier molecular flexibility index (Phi) is 3.79. The fraction of sp³-hybridized carbons (Fsp3) is 0.308. The van der Waals surface area contributed by atoms with E-state index in [1.165, 1.54) is 0 Å². The van der Waals surface area contributed by atoms with Crippen molar-refractivity contribution in [1.82, 2.24) is 9.78 Å². The maximum absolute atomic E-state index is 11.1. The van der Waals surface area contributed by atoms with Gasteiger partial charge in [-0.3, -0.25) is 14.8 Å². The van der Waals surface area contributed by atoms with Crippen molar-refractivity contribution >= 4 is 11.4 Å². The molecular formula is C13H16N4O2. The van der Waals surface area contributed by atoms with Crippen LogP contribution in [0.15, 0.2) is 36.7 Å². The van der Waals surface area contributed by atoms with E-state index in [4.69, 9.17) is 0 Å². The van der Waals surface area contributed by atoms with E-state index in [-0.39, 0.29) is 16.7 Å². The normalized spacial score (nSPS) is 12.1. The molecule has 0 aliphatic rings. The molecule has 6 heteroatoms. The standard InChI is InChI=1S/C13H16N4O2/c1-10-5-3-6-12(13(10)17(18)19)15-11(2)9-16-8-4-7-14-16/h3-8,11,15H,9H2,1-2H3. The van der Waals surface area contributed by atoms with Crippen molar-refractivity contribution in [2.24, 2.45) is 0 Å². The topological polar surface area (TPSA) is 73.0 Å². The molecule has 1 N–H and O–H groups in total. The van der Waals surface area contributed by atoms with Crippen LogP contribution in [-0.2, 0) is 6.54 Å². The Morgan fingerprint density at radius 1 is 1.47 bits per heavy atom. The van der Waals surface area contributed by atoms with Gasteiger partial charge in [-0.25, -0.2) is 0 Å². The van der Waals surface area contributed by atoms with Crippen LogP contribution in [0.2, 0.25) is 0 Å². The highest BCUT2D eigenvalue weighted by molar-refractivity contribution is 5.65. The highest BCUT2D eigenvalue weighted by atomic mass is 16.6. The Balaban J connectivity index is 2.14. The molecule has 0 saturated carbocycles. The zero-order chi connectivity index (χ0) is 13.8. The summed E-state index contributed by atoms with van der Waals surface area (Å²) in [6.07, 6.45) is 3.57. The third kappa shape index (κ3) is 3.09. The van der Waals surface area contributed by atoms with E-state index in [9.17, 15) is 10.1 Å². The minimum absolute atomic E-state index is 0.0420. The molecule has 1 heterocycles. The molecule has 0 bridgehead atoms. The van der Waals surface area contributed by atoms with Crippen LogP contribution in [0.3, 0.4) is 0 Å². The van der Waals surface area contributed by atoms with Gasteiger partial charge in [-0.2, -0.15) is 5.10 Å². The van der Waals surface area contributed by atoms with Crippen molar-refractivity contribution in [3.63, 3.8) is 0 Å². The molecule has 0 saturated heterocycles. The van der Waals surface area contributed by atoms with Gasteiger partial charge in [-0.05, 0) is 26.0 Å². The van der Waals surface area contributed by atoms with Gasteiger partial charge in [0.1, 0.15) is 5.69 Å². The number of benzene rings is 1. The Hall–Kier alpha value is -2.37. The van der Waals surface area contributed by atoms with E-state index < -0.39 is 0 Å². The summed E-state index contributed by atoms with van der Waals surface area (Å²) in [5.74, 6) is 0. The summed E-state index contributed by atoms with van der Waals surface area (Å²) in [6, 6.07) is 7.17. The van der Waals surface area contributed by atoms with Crippen LogP contribution in [0.5, 0.6) is 0 Å². The number of anilines is 1. The Bertz CT molecular complexity index is 566. The van der Waals surface area contributed by atoms with E-state index >= 15 is 0 Å². The second-order valence-corrected chi connectivity index (χ2v) is 4.50. The van der Waals surface area contributed by atoms with Crippen LogP contribution in [-0.4, -0.2) is 20.7 Å². The Morgan fingerprint density at radius 3 is 2.89 bits per heavy atom. The van der Waals surface area contributed by atoms with Gasteiger partial charge in [0.05, 0.1) is 11.5 Å². The van der Waals surface area contributed by atoms with Gasteiger partial charge in [-0.15, -0.1) is 0 Å². The number of rotatable bonds is 5. The Morgan fingerprint density at radius 2 is 2.26 bits per heavy atom. The van der Waals surface area contributed by atoms with Crippen molar-refractivity contribution in [3.05, 3.63) is 52.3 Å². The van der Waals surface area contributed by atoms with Crippen molar-refractivity contribution in [3.8, 4) is 0 Å². The third-order valence-corrected chi connectivity index (χ3v) is 2.84. The molecule has 19 heavy (non-hydrogen) atoms. The molecule has 0 spiro atoms. The quantitative estimate of drug-likeness (QED) is 0.662. The molecule has 1 aromatic carbocycles. The van der Waals surface area contributed by atoms with E-state index in [2.05, 4.69) is 10.4 Å². The zero-order valence-electron chi connectivity index (χ0n) is 10.9. The zero-order valence-corrected chi connectivity index (χ0v) is 10.9. The summed E-state index contributed by atoms with van der Waals surface area (Å²) in [4.78, 5) is 10.7. The van der Waals surface area contributed by atoms with E-state index in [1.54, 1.807) is 29.9 Å². The van der Waals surface area contributed by atoms with Gasteiger partial charge >= 0.3 is 0 Å². The third-order valence-electron chi connectivity index (χ3n) is 2.84. The lowest BCUT2D eigenvalue weighted by Crippen LogP contribution is -2.22. The van der Waals surface area contributed by atoms with Crippen molar-refractivity contribution < 1.29 is 4.92 Å². The monoisotopic (exact) mass is 260 g/mol. The summed E-state index contributed by atoms with van der Waals surface area (Å²) in [5, 5.41) is 18.4. The van der Waals surface area contributed by atoms with Gasteiger partial charge in [0.15, 0.2) is 0 Å². The van der Waals surface area contributed by atoms with Crippen LogP contribution < -0.4 is 5.32 Å². The maximum atomic E-state index is 11.1. The molecule has 0 radical (unpaired) electrons. The number of aromatic nitrogens is 2. The van der Waals surface area contributed by atoms with E-state index in [1.807, 2.05) is 25.3 Å². The van der Waals surface area contributed by atoms with Crippen LogP contribution in [0, 0.1) is 17.0 Å². The summed E-state index contributed by atoms with van der Waals surface area (Å²) >= 11 is 0. The van der Waals surface area contributed by atoms with E-state index in [0.29, 0.717) is 17.8 Å². The molecule has 0 amide bonds. The fourth-order valence-corrected chi connectivity index (χ4v) is 2.02. The first-order valence-corrected chi connectivity index (χ1v) is 6.06. The minimum atomic E-state index is -0.349. The molecule has 2 rings (SSSR count). The summed E-state index contributed by atoms with van der Waals surface area (Å²) < 4.78 is 1.79. The molecule has 100 valence electrons. The van der Waals surface area contributed by atoms with Gasteiger partial charge < -0.3 is 5.32 Å². The fourth-order valence-electron chi connectivity index (χ4n) is 2.02. The molecule has 0 aliphatic heterocycles. The van der Waals surface area contributed by atoms with Crippen LogP contribution in [0.1, 0.15) is 12.5 Å². The van der Waals surface area contributed by atoms with Crippen molar-refractivity contribution in [2.75, 3.05) is 5.32 Å². The average molecular weight is 260 g/mol. The number of nitrogens with one attached hydrogen (secondary N) is 1. The van der Waals surface area contributed by atoms with Crippen LogP contribution in [0.4, 0.5) is 11.4 Å². The highest BCUT2D eigenvalue weighted by Gasteiger charge is 2.18. The van der Waals surface area contributed by atoms with Gasteiger partial charge in [0.25, 0.3) is 5.69 Å². The Labute approximate surface area is 111 Å². The molecule has 1 unspecified atom stereocenters. The lowest BCUT2D eigenvalue weighted by Gasteiger charge is -2.15. The second kappa shape index (κ2) is 5.51. The summed E-state index contributed by atoms with van der Waals surface area (Å²) in [7, 11) is 0. The van der Waals surface area contributed by atoms with Gasteiger partial charge in [0, 0.05) is 24.0 Å². The molecule has 1 atom stereocenters. The SMILES string of the molecule is Cc1cccc(NC(C)Cn2cccn2)c1[N+](=O)[O-]. The summed E-state index contributed by atoms with van der Waals surface area (Å²) in [6.45, 7) is 4.35. The number of nitrogens with zero attached hydrogens (tertiary/aromatic N) is 3. The minimum Gasteiger partial charge on any atom is -0.375 e. The van der Waals surface area contributed by atoms with Gasteiger partial charge in [0.2, 0.25) is 0 Å². The number of aryl methyl sites for hydroxylation is 1. The number of hydrogen-bond acceptors (Lipinski definition) is 4. The van der Waals surface area contributed by atoms with Gasteiger partial charge in [-0.1, -0.05) is 12.1 Å². The number of para-hydroxylation sites is 1. The largest absolute Gasteiger partial charge is 0.375 e.